The van der Waals surface area contributed by atoms with E-state index in [0.29, 0.717) is 68.2 Å². The molecule has 1 heterocycles. The Morgan fingerprint density at radius 1 is 0.600 bits per heavy atom. The summed E-state index contributed by atoms with van der Waals surface area (Å²) in [4.78, 5) is 12.5. The van der Waals surface area contributed by atoms with Crippen molar-refractivity contribution in [3.63, 3.8) is 0 Å². The van der Waals surface area contributed by atoms with Gasteiger partial charge in [0, 0.05) is 58.8 Å². The molecule has 3 N–H and O–H groups in total. The number of carbonyl (C=O) groups excluding carboxylic acids is 1. The molecule has 8 saturated carbocycles. The first-order valence-electron chi connectivity index (χ1n) is 44.5. The number of rotatable bonds is 21. The molecule has 2 aromatic carbocycles. The molecule has 1 aliphatic heterocycles. The van der Waals surface area contributed by atoms with Gasteiger partial charge in [0.2, 0.25) is 0 Å². The molecule has 0 bridgehead atoms. The number of allylic oxidation sites excluding steroid dienone is 4. The van der Waals surface area contributed by atoms with Gasteiger partial charge in [-0.15, -0.1) is 0 Å². The predicted octanol–water partition coefficient (Wildman–Crippen LogP) is 23.0. The SMILES string of the molecule is C.C.C1CCOC1.CC(C)(C)[Si](C)(C)OC1CC(=CCP(=O)(c2ccccc2)c2ccccc2)C[C@@H](O[Si](C)(C)C(C)(C)C)C1.[2H]C([2H])([2H])C(CCCC1(C2CCC3C(=O)CCC[C@@]32C)CC1)(O[Si](C)(C)C)C([2H])([2H])[2H].[2H]C([2H])([2H])C(O)(CCCC1(C2CCC3/C(=C/C=C4CC(O)C[C@H](O)C4)CCC[C@@]32C)CC1)C([2H])([2H])[2H]. The molecule has 0 amide bonds. The van der Waals surface area contributed by atoms with Crippen LogP contribution in [0.1, 0.15) is 294 Å². The van der Waals surface area contributed by atoms with E-state index in [1.54, 1.807) is 0 Å². The molecule has 0 radical (unpaired) electrons. The van der Waals surface area contributed by atoms with E-state index < -0.39 is 82.9 Å². The van der Waals surface area contributed by atoms with Crippen LogP contribution in [0.25, 0.3) is 0 Å². The smallest absolute Gasteiger partial charge is 0.192 e. The van der Waals surface area contributed by atoms with Gasteiger partial charge in [0.1, 0.15) is 12.9 Å². The highest BCUT2D eigenvalue weighted by Gasteiger charge is 2.63. The first-order chi connectivity index (χ1) is 50.5. The third kappa shape index (κ3) is 23.0. The number of benzene rings is 2. The number of aliphatic hydroxyl groups excluding tert-OH is 2. The van der Waals surface area contributed by atoms with Crippen LogP contribution in [0.2, 0.25) is 55.9 Å². The van der Waals surface area contributed by atoms with Crippen LogP contribution in [0.5, 0.6) is 0 Å². The number of aliphatic hydroxyl groups is 3. The van der Waals surface area contributed by atoms with E-state index in [1.165, 1.54) is 30.4 Å². The summed E-state index contributed by atoms with van der Waals surface area (Å²) in [5, 5.41) is 32.9. The van der Waals surface area contributed by atoms with E-state index in [0.717, 1.165) is 139 Å². The first kappa shape index (κ1) is 69.7. The minimum absolute atomic E-state index is 0. The molecule has 570 valence electrons. The molecule has 8 aliphatic carbocycles. The number of carbonyl (C=O) groups is 1. The predicted molar refractivity (Wildman–Crippen MR) is 433 cm³/mol. The van der Waals surface area contributed by atoms with Crippen LogP contribution >= 0.6 is 7.14 Å². The maximum absolute atomic E-state index is 14.6. The Bertz CT molecular complexity index is 3360. The summed E-state index contributed by atoms with van der Waals surface area (Å²) in [7, 11) is -9.10. The summed E-state index contributed by atoms with van der Waals surface area (Å²) in [6.07, 6.45) is 30.8. The lowest BCUT2D eigenvalue weighted by molar-refractivity contribution is -0.130. The van der Waals surface area contributed by atoms with Crippen LogP contribution in [-0.2, 0) is 27.4 Å². The van der Waals surface area contributed by atoms with Gasteiger partial charge in [-0.05, 0) is 283 Å². The van der Waals surface area contributed by atoms with Gasteiger partial charge in [-0.2, -0.15) is 0 Å². The zero-order chi connectivity index (χ0) is 82.0. The molecule has 9 nitrogen and oxygen atoms in total. The van der Waals surface area contributed by atoms with Gasteiger partial charge < -0.3 is 37.9 Å². The number of hydrogen-bond acceptors (Lipinski definition) is 9. The normalized spacial score (nSPS) is 32.6. The van der Waals surface area contributed by atoms with E-state index in [9.17, 15) is 24.7 Å². The van der Waals surface area contributed by atoms with Gasteiger partial charge in [-0.1, -0.05) is 179 Å². The second-order valence-corrected chi connectivity index (χ2v) is 53.6. The molecular formula is C87H151O9PSi3. The van der Waals surface area contributed by atoms with Gasteiger partial charge in [0.15, 0.2) is 25.0 Å². The molecule has 0 aromatic heterocycles. The van der Waals surface area contributed by atoms with Crippen molar-refractivity contribution < 1.29 is 59.1 Å². The van der Waals surface area contributed by atoms with Gasteiger partial charge in [0.05, 0.1) is 35.6 Å². The van der Waals surface area contributed by atoms with Crippen molar-refractivity contribution in [2.24, 2.45) is 45.3 Å². The Hall–Kier alpha value is -2.07. The fourth-order valence-electron chi connectivity index (χ4n) is 18.7. The van der Waals surface area contributed by atoms with Crippen LogP contribution in [0.15, 0.2) is 95.6 Å². The molecule has 6 unspecified atom stereocenters. The topological polar surface area (TPSA) is 132 Å². The number of Topliss-reactive ketones (excluding diaryl/α,β-unsaturated/α-hetero) is 1. The highest BCUT2D eigenvalue weighted by Crippen LogP contribution is 2.71. The summed E-state index contributed by atoms with van der Waals surface area (Å²) in [6, 6.07) is 20.0. The minimum atomic E-state index is -2.94. The Labute approximate surface area is 633 Å². The van der Waals surface area contributed by atoms with Gasteiger partial charge in [-0.25, -0.2) is 0 Å². The molecule has 13 heteroatoms. The average Bonchev–Trinajstić information content (AvgIpc) is 1.55. The quantitative estimate of drug-likeness (QED) is 0.0635. The van der Waals surface area contributed by atoms with Crippen LogP contribution in [0.3, 0.4) is 0 Å². The van der Waals surface area contributed by atoms with E-state index in [2.05, 4.69) is 99.8 Å². The number of hydrogen-bond donors (Lipinski definition) is 3. The minimum Gasteiger partial charge on any atom is -0.414 e. The summed E-state index contributed by atoms with van der Waals surface area (Å²) in [6.45, 7) is 24.1. The molecule has 9 fully saturated rings. The largest absolute Gasteiger partial charge is 0.414 e. The summed E-state index contributed by atoms with van der Waals surface area (Å²) < 4.78 is 134. The third-order valence-corrected chi connectivity index (χ3v) is 38.9. The van der Waals surface area contributed by atoms with Crippen molar-refractivity contribution in [1.82, 2.24) is 0 Å². The van der Waals surface area contributed by atoms with Crippen LogP contribution in [-0.4, -0.2) is 101 Å². The molecule has 9 aliphatic rings. The van der Waals surface area contributed by atoms with Crippen LogP contribution in [0, 0.1) is 45.3 Å². The lowest BCUT2D eigenvalue weighted by atomic mass is 9.59. The van der Waals surface area contributed by atoms with Gasteiger partial charge in [0.25, 0.3) is 0 Å². The van der Waals surface area contributed by atoms with Gasteiger partial charge in [-0.3, -0.25) is 4.79 Å². The van der Waals surface area contributed by atoms with Crippen molar-refractivity contribution in [1.29, 1.82) is 0 Å². The van der Waals surface area contributed by atoms with E-state index in [-0.39, 0.29) is 77.6 Å². The monoisotopic (exact) mass is 1470 g/mol. The average molecular weight is 1470 g/mol. The van der Waals surface area contributed by atoms with E-state index in [1.807, 2.05) is 80.3 Å². The summed E-state index contributed by atoms with van der Waals surface area (Å²) in [5.41, 5.74) is -0.330. The van der Waals surface area contributed by atoms with Crippen molar-refractivity contribution in [3.05, 3.63) is 95.6 Å². The number of ether oxygens (including phenoxy) is 1. The number of ketones is 1. The van der Waals surface area contributed by atoms with Crippen LogP contribution in [0.4, 0.5) is 0 Å². The second kappa shape index (κ2) is 34.9. The molecular weight excluding hydrogens is 1300 g/mol. The Morgan fingerprint density at radius 3 is 1.51 bits per heavy atom. The van der Waals surface area contributed by atoms with Crippen molar-refractivity contribution in [2.45, 2.75) is 369 Å². The number of fused-ring (bicyclic) bond motifs is 2. The van der Waals surface area contributed by atoms with Crippen molar-refractivity contribution >= 4 is 48.5 Å². The first-order valence-corrected chi connectivity index (χ1v) is 49.7. The summed E-state index contributed by atoms with van der Waals surface area (Å²) >= 11 is 0. The molecule has 1 saturated heterocycles. The fraction of sp³-hybridized carbons (Fsp3) is 0.782. The molecule has 0 spiro atoms. The maximum Gasteiger partial charge on any atom is 0.192 e. The highest BCUT2D eigenvalue weighted by molar-refractivity contribution is 7.78. The fourth-order valence-corrected chi connectivity index (χ4v) is 25.1. The van der Waals surface area contributed by atoms with E-state index in [4.69, 9.17) is 34.5 Å². The molecule has 2 aromatic rings. The van der Waals surface area contributed by atoms with Crippen molar-refractivity contribution in [3.8, 4) is 0 Å². The zero-order valence-corrected chi connectivity index (χ0v) is 67.7. The Morgan fingerprint density at radius 2 is 1.07 bits per heavy atom. The molecule has 11 rings (SSSR count). The third-order valence-electron chi connectivity index (χ3n) is 25.9. The van der Waals surface area contributed by atoms with Crippen molar-refractivity contribution in [2.75, 3.05) is 19.4 Å². The Kier molecular flexibility index (Phi) is 24.3. The zero-order valence-electron chi connectivity index (χ0n) is 75.8. The second-order valence-electron chi connectivity index (χ2n) is 36.8. The van der Waals surface area contributed by atoms with E-state index >= 15 is 0 Å². The standard InChI is InChI=1S/C32H51O3PSi2.C27H44O3.C22H40O2Si.C4H8O.2CH4/c1-31(2,3)37(7,8)34-27-23-26(24-28(25-27)35-38(9,10)32(4,5)6)21-22-36(33,29-17-13-11-14-18-29)30-19-15-12-16-20-30;1-25(2,30)11-5-13-27(14-15-27)24-10-9-23-20(6-4-12-26(23,24)3)8-7-19-16-21(28)18-22(29)17-19;1-20(2,24-25(4,5)6)12-8-14-22(15-16-22)19-11-10-17-18(23)9-7-13-21(17,19)3;1-2-4-5-3-1;;/h11-21,27-28H,22-25H2,1-10H3;7-8,21-24,28-30H,4-6,9-18H2,1-3H3;17,19H,7-16H2,1-6H3;1-4H2;2*1H4/b;19-7?,20-8+;;;;/t27-,28?;21-,22?,23?,24?,26+;17?,19?,21-;;;/m110.../s1/i;2*1D3,2D3;;;. The lowest BCUT2D eigenvalue weighted by Gasteiger charge is -2.45. The maximum atomic E-state index is 14.6. The highest BCUT2D eigenvalue weighted by atomic mass is 31.2. The molecule has 100 heavy (non-hydrogen) atoms. The lowest BCUT2D eigenvalue weighted by Crippen LogP contribution is -2.48. The molecule has 10 atom stereocenters. The Balaban J connectivity index is 0.000000252. The van der Waals surface area contributed by atoms with Gasteiger partial charge >= 0.3 is 0 Å². The van der Waals surface area contributed by atoms with Crippen LogP contribution < -0.4 is 10.6 Å². The summed E-state index contributed by atoms with van der Waals surface area (Å²) in [5.74, 6) is 2.13.